The molecular weight excluding hydrogens is 416 g/mol. The number of hydrogen-bond donors (Lipinski definition) is 0. The fourth-order valence-corrected chi connectivity index (χ4v) is 4.28. The van der Waals surface area contributed by atoms with Crippen LogP contribution in [0, 0.1) is 5.92 Å². The van der Waals surface area contributed by atoms with Gasteiger partial charge >= 0.3 is 6.09 Å². The largest absolute Gasteiger partial charge is 0.492 e. The second-order valence-corrected chi connectivity index (χ2v) is 10.5. The molecule has 1 fully saturated rings. The van der Waals surface area contributed by atoms with Crippen molar-refractivity contribution >= 4 is 15.9 Å². The molecule has 1 aromatic heterocycles. The summed E-state index contributed by atoms with van der Waals surface area (Å²) in [6.07, 6.45) is 4.37. The minimum Gasteiger partial charge on any atom is -0.492 e. The molecule has 7 nitrogen and oxygen atoms in total. The maximum absolute atomic E-state index is 12.0. The van der Waals surface area contributed by atoms with Crippen LogP contribution in [-0.4, -0.2) is 56.5 Å². The molecule has 0 atom stereocenters. The number of likely N-dealkylation sites (tertiary alicyclic amines) is 1. The van der Waals surface area contributed by atoms with E-state index in [-0.39, 0.29) is 18.0 Å². The minimum absolute atomic E-state index is 0.0331. The lowest BCUT2D eigenvalue weighted by atomic mass is 9.98. The summed E-state index contributed by atoms with van der Waals surface area (Å²) in [7, 11) is -3.05. The van der Waals surface area contributed by atoms with Gasteiger partial charge in [-0.3, -0.25) is 4.98 Å². The Morgan fingerprint density at radius 3 is 2.35 bits per heavy atom. The van der Waals surface area contributed by atoms with Gasteiger partial charge in [0.2, 0.25) is 0 Å². The number of hydrogen-bond acceptors (Lipinski definition) is 6. The van der Waals surface area contributed by atoms with Crippen LogP contribution in [0.25, 0.3) is 11.3 Å². The number of piperidine rings is 1. The van der Waals surface area contributed by atoms with Gasteiger partial charge in [-0.25, -0.2) is 13.2 Å². The number of rotatable bonds is 7. The molecule has 1 aliphatic heterocycles. The number of ether oxygens (including phenoxy) is 2. The van der Waals surface area contributed by atoms with E-state index >= 15 is 0 Å². The fraction of sp³-hybridized carbons (Fsp3) is 0.478. The van der Waals surface area contributed by atoms with Gasteiger partial charge < -0.3 is 14.4 Å². The zero-order valence-electron chi connectivity index (χ0n) is 18.3. The highest BCUT2D eigenvalue weighted by atomic mass is 32.2. The highest BCUT2D eigenvalue weighted by Gasteiger charge is 2.24. The molecule has 31 heavy (non-hydrogen) atoms. The third-order valence-electron chi connectivity index (χ3n) is 5.11. The van der Waals surface area contributed by atoms with Crippen LogP contribution >= 0.6 is 0 Å². The summed E-state index contributed by atoms with van der Waals surface area (Å²) in [5, 5.41) is 0. The van der Waals surface area contributed by atoms with Gasteiger partial charge in [0.15, 0.2) is 9.84 Å². The number of aromatic nitrogens is 1. The molecule has 0 unspecified atom stereocenters. The average Bonchev–Trinajstić information content (AvgIpc) is 2.72. The molecule has 0 spiro atoms. The molecular formula is C23H30N2O5S. The molecule has 0 radical (unpaired) electrons. The van der Waals surface area contributed by atoms with E-state index in [9.17, 15) is 13.2 Å². The monoisotopic (exact) mass is 446 g/mol. The Morgan fingerprint density at radius 1 is 1.13 bits per heavy atom. The van der Waals surface area contributed by atoms with Crippen LogP contribution < -0.4 is 4.74 Å². The van der Waals surface area contributed by atoms with Gasteiger partial charge in [-0.05, 0) is 50.3 Å². The van der Waals surface area contributed by atoms with Crippen LogP contribution in [0.5, 0.6) is 5.75 Å². The molecule has 0 N–H and O–H groups in total. The molecule has 1 aliphatic rings. The second kappa shape index (κ2) is 10.1. The third-order valence-corrected chi connectivity index (χ3v) is 5.97. The van der Waals surface area contributed by atoms with Crippen molar-refractivity contribution in [2.45, 2.75) is 38.5 Å². The third kappa shape index (κ3) is 7.24. The number of amides is 1. The van der Waals surface area contributed by atoms with Crippen LogP contribution in [-0.2, 0) is 20.3 Å². The molecule has 2 heterocycles. The summed E-state index contributed by atoms with van der Waals surface area (Å²) < 4.78 is 34.0. The Morgan fingerprint density at radius 2 is 1.81 bits per heavy atom. The van der Waals surface area contributed by atoms with Crippen molar-refractivity contribution in [3.05, 3.63) is 48.2 Å². The molecule has 2 aromatic rings. The number of nitrogens with zero attached hydrogens (tertiary/aromatic N) is 2. The van der Waals surface area contributed by atoms with E-state index < -0.39 is 9.84 Å². The zero-order chi connectivity index (χ0) is 22.4. The van der Waals surface area contributed by atoms with Crippen molar-refractivity contribution in [2.75, 3.05) is 26.0 Å². The Bertz CT molecular complexity index is 964. The Labute approximate surface area is 184 Å². The van der Waals surface area contributed by atoms with Gasteiger partial charge in [-0.15, -0.1) is 0 Å². The Hall–Kier alpha value is -2.61. The van der Waals surface area contributed by atoms with Crippen LogP contribution in [0.2, 0.25) is 0 Å². The number of carbonyl (C=O) groups is 1. The second-order valence-electron chi connectivity index (χ2n) is 8.32. The smallest absolute Gasteiger partial charge is 0.410 e. The summed E-state index contributed by atoms with van der Waals surface area (Å²) in [5.41, 5.74) is 2.48. The van der Waals surface area contributed by atoms with Crippen molar-refractivity contribution in [1.82, 2.24) is 9.88 Å². The first-order valence-corrected chi connectivity index (χ1v) is 12.6. The molecule has 1 aromatic carbocycles. The topological polar surface area (TPSA) is 85.8 Å². The number of benzene rings is 1. The van der Waals surface area contributed by atoms with Gasteiger partial charge in [0.25, 0.3) is 0 Å². The molecule has 3 rings (SSSR count). The quantitative estimate of drug-likeness (QED) is 0.641. The summed E-state index contributed by atoms with van der Waals surface area (Å²) in [6.45, 7) is 5.67. The molecule has 0 bridgehead atoms. The Kier molecular flexibility index (Phi) is 7.54. The highest BCUT2D eigenvalue weighted by molar-refractivity contribution is 7.89. The summed E-state index contributed by atoms with van der Waals surface area (Å²) in [6, 6.07) is 11.2. The summed E-state index contributed by atoms with van der Waals surface area (Å²) >= 11 is 0. The fourth-order valence-electron chi connectivity index (χ4n) is 3.48. The van der Waals surface area contributed by atoms with Gasteiger partial charge in [-0.2, -0.15) is 0 Å². The minimum atomic E-state index is -3.05. The zero-order valence-corrected chi connectivity index (χ0v) is 19.1. The van der Waals surface area contributed by atoms with Crippen molar-refractivity contribution in [3.8, 4) is 17.0 Å². The maximum atomic E-state index is 12.0. The van der Waals surface area contributed by atoms with E-state index in [1.54, 1.807) is 11.1 Å². The molecule has 168 valence electrons. The van der Waals surface area contributed by atoms with E-state index in [0.717, 1.165) is 29.7 Å². The predicted molar refractivity (Wildman–Crippen MR) is 120 cm³/mol. The lowest BCUT2D eigenvalue weighted by Crippen LogP contribution is -2.40. The van der Waals surface area contributed by atoms with E-state index in [1.165, 1.54) is 6.26 Å². The summed E-state index contributed by atoms with van der Waals surface area (Å²) in [4.78, 5) is 18.2. The van der Waals surface area contributed by atoms with Crippen LogP contribution in [0.4, 0.5) is 4.79 Å². The van der Waals surface area contributed by atoms with E-state index in [1.807, 2.05) is 50.2 Å². The number of pyridine rings is 1. The van der Waals surface area contributed by atoms with E-state index in [0.29, 0.717) is 31.4 Å². The van der Waals surface area contributed by atoms with Gasteiger partial charge in [-0.1, -0.05) is 24.3 Å². The standard InChI is InChI=1S/C23H30N2O5S/c1-17(2)30-23(26)25-12-10-18(11-13-25)15-29-21-8-9-22(24-14-21)20-6-4-19(5-7-20)16-31(3,27)28/h4-9,14,17-18H,10-13,15-16H2,1-3H3. The molecule has 0 saturated carbocycles. The first-order valence-electron chi connectivity index (χ1n) is 10.5. The normalized spacial score (nSPS) is 15.2. The molecule has 0 aliphatic carbocycles. The SMILES string of the molecule is CC(C)OC(=O)N1CCC(COc2ccc(-c3ccc(CS(C)(=O)=O)cc3)nc2)CC1. The summed E-state index contributed by atoms with van der Waals surface area (Å²) in [5.74, 6) is 1.13. The van der Waals surface area contributed by atoms with Gasteiger partial charge in [0, 0.05) is 24.9 Å². The highest BCUT2D eigenvalue weighted by Crippen LogP contribution is 2.23. The first kappa shape index (κ1) is 23.1. The van der Waals surface area contributed by atoms with Gasteiger partial charge in [0.1, 0.15) is 5.75 Å². The molecule has 1 saturated heterocycles. The molecule has 1 amide bonds. The maximum Gasteiger partial charge on any atom is 0.410 e. The van der Waals surface area contributed by atoms with Crippen LogP contribution in [0.1, 0.15) is 32.3 Å². The average molecular weight is 447 g/mol. The molecule has 8 heteroatoms. The number of carbonyl (C=O) groups excluding carboxylic acids is 1. The Balaban J connectivity index is 1.47. The van der Waals surface area contributed by atoms with Crippen molar-refractivity contribution in [2.24, 2.45) is 5.92 Å². The van der Waals surface area contributed by atoms with Crippen molar-refractivity contribution in [3.63, 3.8) is 0 Å². The lowest BCUT2D eigenvalue weighted by molar-refractivity contribution is 0.0608. The number of sulfone groups is 1. The van der Waals surface area contributed by atoms with E-state index in [2.05, 4.69) is 4.98 Å². The van der Waals surface area contributed by atoms with Crippen molar-refractivity contribution in [1.29, 1.82) is 0 Å². The van der Waals surface area contributed by atoms with Gasteiger partial charge in [0.05, 0.1) is 30.4 Å². The lowest BCUT2D eigenvalue weighted by Gasteiger charge is -2.31. The predicted octanol–water partition coefficient (Wildman–Crippen LogP) is 3.93. The first-order chi connectivity index (χ1) is 14.7. The van der Waals surface area contributed by atoms with E-state index in [4.69, 9.17) is 9.47 Å². The van der Waals surface area contributed by atoms with Crippen LogP contribution in [0.15, 0.2) is 42.6 Å². The van der Waals surface area contributed by atoms with Crippen LogP contribution in [0.3, 0.4) is 0 Å². The van der Waals surface area contributed by atoms with Crippen molar-refractivity contribution < 1.29 is 22.7 Å².